The fourth-order valence-corrected chi connectivity index (χ4v) is 2.18. The van der Waals surface area contributed by atoms with Crippen LogP contribution in [0.5, 0.6) is 0 Å². The highest BCUT2D eigenvalue weighted by Crippen LogP contribution is 2.24. The molecule has 0 aliphatic carbocycles. The predicted octanol–water partition coefficient (Wildman–Crippen LogP) is 2.42. The largest absolute Gasteiger partial charge is 0.389 e. The predicted molar refractivity (Wildman–Crippen MR) is 74.8 cm³/mol. The lowest BCUT2D eigenvalue weighted by molar-refractivity contribution is 0.187. The van der Waals surface area contributed by atoms with Crippen LogP contribution in [0.1, 0.15) is 12.0 Å². The molecule has 0 aromatic heterocycles. The lowest BCUT2D eigenvalue weighted by atomic mass is 10.1. The van der Waals surface area contributed by atoms with Crippen molar-refractivity contribution in [1.29, 1.82) is 0 Å². The van der Waals surface area contributed by atoms with Crippen molar-refractivity contribution in [3.8, 4) is 0 Å². The van der Waals surface area contributed by atoms with Gasteiger partial charge in [-0.1, -0.05) is 23.8 Å². The zero-order valence-electron chi connectivity index (χ0n) is 9.41. The van der Waals surface area contributed by atoms with Crippen molar-refractivity contribution < 1.29 is 4.74 Å². The molecule has 1 aliphatic heterocycles. The number of anilines is 1. The van der Waals surface area contributed by atoms with Crippen LogP contribution in [-0.4, -0.2) is 24.7 Å². The van der Waals surface area contributed by atoms with Crippen LogP contribution in [0.25, 0.3) is 0 Å². The molecule has 1 atom stereocenters. The number of rotatable bonds is 4. The summed E-state index contributed by atoms with van der Waals surface area (Å²) in [6.07, 6.45) is 1.11. The molecule has 3 nitrogen and oxygen atoms in total. The van der Waals surface area contributed by atoms with E-state index < -0.39 is 0 Å². The van der Waals surface area contributed by atoms with Gasteiger partial charge in [-0.2, -0.15) is 0 Å². The van der Waals surface area contributed by atoms with Gasteiger partial charge in [-0.3, -0.25) is 0 Å². The van der Waals surface area contributed by atoms with Crippen molar-refractivity contribution in [2.45, 2.75) is 6.42 Å². The smallest absolute Gasteiger partial charge is 0.104 e. The first-order valence-corrected chi connectivity index (χ1v) is 6.36. The quantitative estimate of drug-likeness (QED) is 0.825. The third-order valence-electron chi connectivity index (χ3n) is 2.86. The van der Waals surface area contributed by atoms with E-state index in [1.54, 1.807) is 6.07 Å². The van der Waals surface area contributed by atoms with Crippen molar-refractivity contribution in [2.24, 2.45) is 11.7 Å². The van der Waals surface area contributed by atoms with Gasteiger partial charge in [0.15, 0.2) is 0 Å². The summed E-state index contributed by atoms with van der Waals surface area (Å²) in [7, 11) is 0. The van der Waals surface area contributed by atoms with Gasteiger partial charge in [-0.15, -0.1) is 0 Å². The zero-order valence-corrected chi connectivity index (χ0v) is 11.0. The van der Waals surface area contributed by atoms with Gasteiger partial charge in [0.25, 0.3) is 0 Å². The van der Waals surface area contributed by atoms with E-state index in [0.717, 1.165) is 37.4 Å². The number of hydrogen-bond acceptors (Lipinski definition) is 3. The molecule has 0 spiro atoms. The summed E-state index contributed by atoms with van der Waals surface area (Å²) in [5.41, 5.74) is 7.25. The second-order valence-electron chi connectivity index (χ2n) is 4.17. The van der Waals surface area contributed by atoms with E-state index in [1.807, 2.05) is 12.1 Å². The molecule has 1 aromatic carbocycles. The first-order chi connectivity index (χ1) is 8.16. The molecule has 1 heterocycles. The molecule has 3 N–H and O–H groups in total. The topological polar surface area (TPSA) is 47.3 Å². The number of ether oxygens (including phenoxy) is 1. The minimum atomic E-state index is 0.364. The molecule has 1 unspecified atom stereocenters. The van der Waals surface area contributed by atoms with Gasteiger partial charge in [0.2, 0.25) is 0 Å². The molecule has 2 rings (SSSR count). The minimum absolute atomic E-state index is 0.364. The minimum Gasteiger partial charge on any atom is -0.389 e. The molecule has 0 saturated carbocycles. The van der Waals surface area contributed by atoms with E-state index in [9.17, 15) is 0 Å². The summed E-state index contributed by atoms with van der Waals surface area (Å²) in [6.45, 7) is 2.57. The Kier molecular flexibility index (Phi) is 4.20. The van der Waals surface area contributed by atoms with E-state index in [2.05, 4.69) is 5.32 Å². The van der Waals surface area contributed by atoms with Crippen molar-refractivity contribution in [2.75, 3.05) is 25.1 Å². The van der Waals surface area contributed by atoms with Gasteiger partial charge < -0.3 is 15.8 Å². The van der Waals surface area contributed by atoms with Crippen LogP contribution in [-0.2, 0) is 4.74 Å². The number of halogens is 1. The summed E-state index contributed by atoms with van der Waals surface area (Å²) >= 11 is 11.0. The molecule has 1 aliphatic rings. The van der Waals surface area contributed by atoms with Crippen LogP contribution in [0.2, 0.25) is 5.02 Å². The highest BCUT2D eigenvalue weighted by atomic mass is 35.5. The number of benzene rings is 1. The molecule has 92 valence electrons. The fourth-order valence-electron chi connectivity index (χ4n) is 1.81. The van der Waals surface area contributed by atoms with Crippen LogP contribution in [0.4, 0.5) is 5.69 Å². The average molecular weight is 271 g/mol. The molecule has 5 heteroatoms. The Morgan fingerprint density at radius 2 is 2.41 bits per heavy atom. The van der Waals surface area contributed by atoms with Gasteiger partial charge in [0.05, 0.1) is 17.3 Å². The van der Waals surface area contributed by atoms with Crippen LogP contribution in [0.15, 0.2) is 18.2 Å². The maximum absolute atomic E-state index is 6.15. The van der Waals surface area contributed by atoms with Gasteiger partial charge in [-0.05, 0) is 24.6 Å². The standard InChI is InChI=1S/C12H15ClN2OS/c13-10-5-9(12(14)17)1-2-11(10)15-6-8-3-4-16-7-8/h1-2,5,8,15H,3-4,6-7H2,(H2,14,17). The molecular formula is C12H15ClN2OS. The Hall–Kier alpha value is -0.840. The molecular weight excluding hydrogens is 256 g/mol. The Morgan fingerprint density at radius 1 is 1.59 bits per heavy atom. The normalized spacial score (nSPS) is 19.2. The molecule has 1 fully saturated rings. The third-order valence-corrected chi connectivity index (χ3v) is 3.41. The second-order valence-corrected chi connectivity index (χ2v) is 5.02. The van der Waals surface area contributed by atoms with Crippen molar-refractivity contribution >= 4 is 34.5 Å². The molecule has 0 bridgehead atoms. The monoisotopic (exact) mass is 270 g/mol. The lowest BCUT2D eigenvalue weighted by Crippen LogP contribution is -2.15. The Bertz CT molecular complexity index is 419. The lowest BCUT2D eigenvalue weighted by Gasteiger charge is -2.12. The first kappa shape index (κ1) is 12.6. The van der Waals surface area contributed by atoms with Crippen LogP contribution in [0, 0.1) is 5.92 Å². The number of nitrogens with two attached hydrogens (primary N) is 1. The van der Waals surface area contributed by atoms with Crippen LogP contribution < -0.4 is 11.1 Å². The Labute approximate surface area is 111 Å². The molecule has 17 heavy (non-hydrogen) atoms. The average Bonchev–Trinajstić information content (AvgIpc) is 2.80. The summed E-state index contributed by atoms with van der Waals surface area (Å²) < 4.78 is 5.32. The second kappa shape index (κ2) is 5.67. The Balaban J connectivity index is 1.98. The van der Waals surface area contributed by atoms with E-state index in [-0.39, 0.29) is 0 Å². The molecule has 0 amide bonds. The van der Waals surface area contributed by atoms with Gasteiger partial charge in [0.1, 0.15) is 4.99 Å². The van der Waals surface area contributed by atoms with Crippen molar-refractivity contribution in [3.05, 3.63) is 28.8 Å². The van der Waals surface area contributed by atoms with Gasteiger partial charge in [-0.25, -0.2) is 0 Å². The van der Waals surface area contributed by atoms with Crippen molar-refractivity contribution in [1.82, 2.24) is 0 Å². The van der Waals surface area contributed by atoms with Crippen LogP contribution >= 0.6 is 23.8 Å². The first-order valence-electron chi connectivity index (χ1n) is 5.58. The van der Waals surface area contributed by atoms with Gasteiger partial charge >= 0.3 is 0 Å². The number of thiocarbonyl (C=S) groups is 1. The summed E-state index contributed by atoms with van der Waals surface area (Å²) in [6, 6.07) is 5.58. The molecule has 1 aromatic rings. The highest BCUT2D eigenvalue weighted by Gasteiger charge is 2.15. The summed E-state index contributed by atoms with van der Waals surface area (Å²) in [4.78, 5) is 0.364. The maximum atomic E-state index is 6.15. The van der Waals surface area contributed by atoms with E-state index in [0.29, 0.717) is 15.9 Å². The number of hydrogen-bond donors (Lipinski definition) is 2. The van der Waals surface area contributed by atoms with Crippen LogP contribution in [0.3, 0.4) is 0 Å². The zero-order chi connectivity index (χ0) is 12.3. The maximum Gasteiger partial charge on any atom is 0.104 e. The Morgan fingerprint density at radius 3 is 3.00 bits per heavy atom. The molecule has 0 radical (unpaired) electrons. The third kappa shape index (κ3) is 3.31. The van der Waals surface area contributed by atoms with Gasteiger partial charge in [0, 0.05) is 24.6 Å². The van der Waals surface area contributed by atoms with E-state index in [1.165, 1.54) is 0 Å². The SMILES string of the molecule is NC(=S)c1ccc(NCC2CCOC2)c(Cl)c1. The fraction of sp³-hybridized carbons (Fsp3) is 0.417. The van der Waals surface area contributed by atoms with Crippen molar-refractivity contribution in [3.63, 3.8) is 0 Å². The highest BCUT2D eigenvalue weighted by molar-refractivity contribution is 7.80. The summed E-state index contributed by atoms with van der Waals surface area (Å²) in [5, 5.41) is 3.97. The van der Waals surface area contributed by atoms with E-state index >= 15 is 0 Å². The van der Waals surface area contributed by atoms with E-state index in [4.69, 9.17) is 34.3 Å². The summed E-state index contributed by atoms with van der Waals surface area (Å²) in [5.74, 6) is 0.571. The molecule has 1 saturated heterocycles. The number of nitrogens with one attached hydrogen (secondary N) is 1.